The van der Waals surface area contributed by atoms with Crippen molar-refractivity contribution < 1.29 is 112 Å². The van der Waals surface area contributed by atoms with Crippen molar-refractivity contribution >= 4 is 14.0 Å². The van der Waals surface area contributed by atoms with E-state index >= 15 is 0 Å². The molecule has 0 bridgehead atoms. The van der Waals surface area contributed by atoms with Crippen LogP contribution in [0.2, 0.25) is 0 Å². The van der Waals surface area contributed by atoms with Gasteiger partial charge in [0.2, 0.25) is 0 Å². The number of hydrogen-bond acceptors (Lipinski definition) is 8. The summed E-state index contributed by atoms with van der Waals surface area (Å²) in [7, 11) is -5.01. The number of unbranched alkanes of at least 4 members (excludes halogenated alkanes) is 11. The normalized spacial score (nSPS) is 24.3. The molecule has 5 N–H and O–H groups in total. The van der Waals surface area contributed by atoms with E-state index in [1.165, 1.54) is 51.4 Å². The quantitative estimate of drug-likeness (QED) is 0.0526. The van der Waals surface area contributed by atoms with E-state index in [0.717, 1.165) is 19.3 Å². The topological polar surface area (TPSA) is 172 Å². The van der Waals surface area contributed by atoms with Crippen LogP contribution in [-0.2, 0) is 23.3 Å². The largest absolute Gasteiger partial charge is 1.00 e. The van der Waals surface area contributed by atoms with Gasteiger partial charge in [-0.1, -0.05) is 77.6 Å². The van der Waals surface area contributed by atoms with Crippen LogP contribution >= 0.6 is 7.82 Å². The van der Waals surface area contributed by atoms with Crippen LogP contribution in [0, 0.1) is 0 Å². The maximum atomic E-state index is 11.2. The fourth-order valence-corrected chi connectivity index (χ4v) is 4.29. The molecule has 0 saturated carbocycles. The van der Waals surface area contributed by atoms with Crippen LogP contribution in [0.3, 0.4) is 0 Å². The monoisotopic (exact) mass is 546 g/mol. The van der Waals surface area contributed by atoms with Crippen molar-refractivity contribution in [3.8, 4) is 0 Å². The van der Waals surface area contributed by atoms with Crippen molar-refractivity contribution in [1.82, 2.24) is 0 Å². The van der Waals surface area contributed by atoms with Crippen molar-refractivity contribution in [1.29, 1.82) is 0 Å². The molecule has 0 amide bonds. The Balaban J connectivity index is 0. The summed E-state index contributed by atoms with van der Waals surface area (Å²) < 4.78 is 31.1. The second-order valence-corrected chi connectivity index (χ2v) is 9.61. The van der Waals surface area contributed by atoms with Crippen LogP contribution in [0.15, 0.2) is 0 Å². The van der Waals surface area contributed by atoms with E-state index in [1.54, 1.807) is 0 Å². The number of phosphoric acid groups is 1. The molecule has 0 radical (unpaired) electrons. The van der Waals surface area contributed by atoms with E-state index in [9.17, 15) is 19.6 Å². The van der Waals surface area contributed by atoms with Gasteiger partial charge in [0, 0.05) is 6.61 Å². The molecule has 11 nitrogen and oxygen atoms in total. The predicted molar refractivity (Wildman–Crippen MR) is 119 cm³/mol. The van der Waals surface area contributed by atoms with E-state index < -0.39 is 51.3 Å². The fourth-order valence-electron chi connectivity index (χ4n) is 3.74. The summed E-state index contributed by atoms with van der Waals surface area (Å²) in [6, 6.07) is 0. The summed E-state index contributed by atoms with van der Waals surface area (Å²) in [4.78, 5) is 28.8. The Labute approximate surface area is 252 Å². The minimum atomic E-state index is -5.01. The molecule has 1 saturated heterocycles. The number of phosphoric ester groups is 1. The number of aliphatic hydroxyl groups excluding tert-OH is 2. The van der Waals surface area contributed by atoms with Crippen LogP contribution in [0.25, 0.3) is 0 Å². The molecule has 0 aliphatic carbocycles. The summed E-state index contributed by atoms with van der Waals surface area (Å²) in [5.74, 6) is 0. The van der Waals surface area contributed by atoms with E-state index in [0.29, 0.717) is 6.42 Å². The molecule has 0 aromatic heterocycles. The molecule has 5 atom stereocenters. The smallest absolute Gasteiger partial charge is 0.450 e. The zero-order chi connectivity index (χ0) is 24.7. The number of carbonyl (C=O) groups is 1. The molecule has 0 aromatic carbocycles. The van der Waals surface area contributed by atoms with Gasteiger partial charge in [0.15, 0.2) is 6.29 Å². The molecule has 1 fully saturated rings. The van der Waals surface area contributed by atoms with E-state index in [1.807, 2.05) is 0 Å². The number of rotatable bonds is 18. The molecule has 14 heteroatoms. The van der Waals surface area contributed by atoms with Gasteiger partial charge in [0.25, 0.3) is 0 Å². The van der Waals surface area contributed by atoms with Crippen LogP contribution in [0.4, 0.5) is 4.79 Å². The van der Waals surface area contributed by atoms with E-state index in [-0.39, 0.29) is 65.7 Å². The van der Waals surface area contributed by atoms with Crippen LogP contribution in [0.5, 0.6) is 0 Å². The maximum Gasteiger partial charge on any atom is 1.00 e. The SMILES string of the molecule is CCCCCCCCCCCCCCO[C@@H]1O[C@H](COC(=O)O)[C@@H](O)[C@H](O)[C@H]1OP(=O)(O)O.[Na+].[Na+]. The zero-order valence-electron chi connectivity index (χ0n) is 21.4. The first-order chi connectivity index (χ1) is 15.7. The van der Waals surface area contributed by atoms with Crippen molar-refractivity contribution in [3.05, 3.63) is 0 Å². The van der Waals surface area contributed by atoms with E-state index in [4.69, 9.17) is 24.4 Å². The summed E-state index contributed by atoms with van der Waals surface area (Å²) in [5, 5.41) is 28.9. The summed E-state index contributed by atoms with van der Waals surface area (Å²) in [6.45, 7) is 1.80. The van der Waals surface area contributed by atoms with Crippen molar-refractivity contribution in [2.24, 2.45) is 0 Å². The summed E-state index contributed by atoms with van der Waals surface area (Å²) in [5.41, 5.74) is 0. The van der Waals surface area contributed by atoms with Gasteiger partial charge < -0.3 is 39.3 Å². The Hall–Kier alpha value is 1.22. The van der Waals surface area contributed by atoms with Gasteiger partial charge in [-0.2, -0.15) is 0 Å². The summed E-state index contributed by atoms with van der Waals surface area (Å²) >= 11 is 0. The van der Waals surface area contributed by atoms with Gasteiger partial charge in [-0.25, -0.2) is 9.36 Å². The standard InChI is InChI=1S/C21H41O11P.2Na/c1-2-3-4-5-6-7-8-9-10-11-12-13-14-29-20-19(32-33(26,27)28)18(23)17(22)16(31-20)15-30-21(24)25;;/h16-20,22-23H,2-15H2,1H3,(H,24,25)(H2,26,27,28);;/q;2*+1/t16-,17-,18+,19-,20-;;/m1../s1. The third-order valence-electron chi connectivity index (χ3n) is 5.55. The van der Waals surface area contributed by atoms with Gasteiger partial charge >= 0.3 is 73.1 Å². The second kappa shape index (κ2) is 22.1. The predicted octanol–water partition coefficient (Wildman–Crippen LogP) is -2.67. The third-order valence-corrected chi connectivity index (χ3v) is 6.07. The average Bonchev–Trinajstić information content (AvgIpc) is 2.74. The molecule has 0 unspecified atom stereocenters. The van der Waals surface area contributed by atoms with Crippen LogP contribution in [-0.4, -0.2) is 75.2 Å². The molecule has 0 aromatic rings. The first-order valence-corrected chi connectivity index (χ1v) is 13.4. The zero-order valence-corrected chi connectivity index (χ0v) is 26.3. The Morgan fingerprint density at radius 2 is 1.34 bits per heavy atom. The molecule has 1 aliphatic rings. The molecule has 0 spiro atoms. The Bertz CT molecular complexity index is 581. The Morgan fingerprint density at radius 1 is 0.857 bits per heavy atom. The summed E-state index contributed by atoms with van der Waals surface area (Å²) in [6.07, 6.45) is 4.52. The molecule has 35 heavy (non-hydrogen) atoms. The van der Waals surface area contributed by atoms with Crippen molar-refractivity contribution in [2.75, 3.05) is 13.2 Å². The Morgan fingerprint density at radius 3 is 1.80 bits per heavy atom. The number of ether oxygens (including phenoxy) is 3. The van der Waals surface area contributed by atoms with E-state index in [2.05, 4.69) is 16.2 Å². The fraction of sp³-hybridized carbons (Fsp3) is 0.952. The van der Waals surface area contributed by atoms with Crippen molar-refractivity contribution in [2.45, 2.75) is 115 Å². The van der Waals surface area contributed by atoms with Crippen LogP contribution in [0.1, 0.15) is 84.0 Å². The molecule has 1 rings (SSSR count). The number of carboxylic acid groups (broad SMARTS) is 1. The van der Waals surface area contributed by atoms with Crippen LogP contribution < -0.4 is 59.1 Å². The molecular weight excluding hydrogens is 505 g/mol. The number of aliphatic hydroxyl groups is 2. The van der Waals surface area contributed by atoms with Crippen molar-refractivity contribution in [3.63, 3.8) is 0 Å². The minimum Gasteiger partial charge on any atom is -0.450 e. The molecule has 1 heterocycles. The van der Waals surface area contributed by atoms with Gasteiger partial charge in [0.1, 0.15) is 31.0 Å². The van der Waals surface area contributed by atoms with Gasteiger partial charge in [-0.05, 0) is 6.42 Å². The third kappa shape index (κ3) is 18.2. The first-order valence-electron chi connectivity index (χ1n) is 11.9. The van der Waals surface area contributed by atoms with Gasteiger partial charge in [0.05, 0.1) is 0 Å². The molecule has 196 valence electrons. The van der Waals surface area contributed by atoms with Gasteiger partial charge in [-0.3, -0.25) is 4.52 Å². The number of hydrogen-bond donors (Lipinski definition) is 5. The maximum absolute atomic E-state index is 11.2. The minimum absolute atomic E-state index is 0. The molecule has 1 aliphatic heterocycles. The first kappa shape index (κ1) is 38.4. The van der Waals surface area contributed by atoms with Gasteiger partial charge in [-0.15, -0.1) is 0 Å². The molecular formula is C21H41Na2O11P+2. The Kier molecular flexibility index (Phi) is 24.2. The second-order valence-electron chi connectivity index (χ2n) is 8.42. The average molecular weight is 547 g/mol.